The number of carbonyl (C=O) groups is 1. The van der Waals surface area contributed by atoms with Gasteiger partial charge in [0.15, 0.2) is 11.5 Å². The fourth-order valence-electron chi connectivity index (χ4n) is 5.10. The molecule has 3 heterocycles. The smallest absolute Gasteiger partial charge is 0.416 e. The molecule has 7 nitrogen and oxygen atoms in total. The fraction of sp³-hybridized carbons (Fsp3) is 0.300. The van der Waals surface area contributed by atoms with E-state index in [2.05, 4.69) is 17.1 Å². The lowest BCUT2D eigenvalue weighted by atomic mass is 9.93. The van der Waals surface area contributed by atoms with Gasteiger partial charge < -0.3 is 23.9 Å². The molecule has 1 fully saturated rings. The molecular formula is C30H26Cl2N2O5. The fourth-order valence-corrected chi connectivity index (χ4v) is 5.40. The maximum atomic E-state index is 13.4. The summed E-state index contributed by atoms with van der Waals surface area (Å²) in [6.07, 6.45) is 0.0109. The first-order valence-corrected chi connectivity index (χ1v) is 13.4. The molecule has 4 aromatic rings. The molecule has 1 saturated heterocycles. The van der Waals surface area contributed by atoms with E-state index in [1.165, 1.54) is 0 Å². The van der Waals surface area contributed by atoms with E-state index < -0.39 is 17.9 Å². The molecule has 1 aromatic heterocycles. The Morgan fingerprint density at radius 2 is 1.90 bits per heavy atom. The van der Waals surface area contributed by atoms with Gasteiger partial charge in [-0.05, 0) is 86.5 Å². The summed E-state index contributed by atoms with van der Waals surface area (Å²) in [6, 6.07) is 22.0. The van der Waals surface area contributed by atoms with Gasteiger partial charge in [-0.2, -0.15) is 0 Å². The minimum absolute atomic E-state index is 0.162. The molecule has 0 radical (unpaired) electrons. The van der Waals surface area contributed by atoms with Gasteiger partial charge >= 0.3 is 6.09 Å². The Hall–Kier alpha value is -3.41. The Bertz CT molecular complexity index is 1500. The second-order valence-corrected chi connectivity index (χ2v) is 10.9. The number of amides is 1. The van der Waals surface area contributed by atoms with Crippen molar-refractivity contribution in [2.45, 2.75) is 38.2 Å². The lowest BCUT2D eigenvalue weighted by Crippen LogP contribution is -2.42. The zero-order chi connectivity index (χ0) is 27.1. The summed E-state index contributed by atoms with van der Waals surface area (Å²) >= 11 is 12.3. The van der Waals surface area contributed by atoms with Crippen molar-refractivity contribution in [1.29, 1.82) is 0 Å². The highest BCUT2D eigenvalue weighted by Crippen LogP contribution is 2.39. The lowest BCUT2D eigenvalue weighted by molar-refractivity contribution is -0.141. The third-order valence-corrected chi connectivity index (χ3v) is 7.36. The number of aromatic amines is 1. The van der Waals surface area contributed by atoms with Crippen molar-refractivity contribution in [1.82, 2.24) is 9.88 Å². The van der Waals surface area contributed by atoms with Gasteiger partial charge in [-0.15, -0.1) is 0 Å². The number of hydrogen-bond donors (Lipinski definition) is 1. The van der Waals surface area contributed by atoms with Crippen molar-refractivity contribution >= 4 is 40.2 Å². The predicted octanol–water partition coefficient (Wildman–Crippen LogP) is 6.75. The topological polar surface area (TPSA) is 73.0 Å². The number of benzene rings is 2. The second kappa shape index (κ2) is 10.3. The molecule has 1 amide bonds. The number of carbonyl (C=O) groups excluding carboxylic acids is 1. The van der Waals surface area contributed by atoms with E-state index in [0.29, 0.717) is 47.7 Å². The first kappa shape index (κ1) is 25.8. The Morgan fingerprint density at radius 1 is 1.10 bits per heavy atom. The van der Waals surface area contributed by atoms with Gasteiger partial charge in [0, 0.05) is 38.8 Å². The number of aromatic nitrogens is 1. The largest absolute Gasteiger partial charge is 0.483 e. The van der Waals surface area contributed by atoms with E-state index in [4.69, 9.17) is 42.1 Å². The van der Waals surface area contributed by atoms with Crippen LogP contribution in [0, 0.1) is 12.1 Å². The Balaban J connectivity index is 1.29. The quantitative estimate of drug-likeness (QED) is 0.290. The molecule has 1 N–H and O–H groups in total. The SMILES string of the molecule is CC1(C)OCC(COc2c#cc(C3c4[nH]c5ccc(Cl)cc5c4CCN3C(=O)Oc3ccc(Cl)cc3)cc2)O1. The van der Waals surface area contributed by atoms with E-state index in [0.717, 1.165) is 27.7 Å². The number of halogens is 2. The molecular weight excluding hydrogens is 539 g/mol. The van der Waals surface area contributed by atoms with Crippen LogP contribution in [-0.4, -0.2) is 47.6 Å². The molecule has 2 unspecified atom stereocenters. The Morgan fingerprint density at radius 3 is 2.62 bits per heavy atom. The van der Waals surface area contributed by atoms with Crippen LogP contribution >= 0.6 is 23.2 Å². The minimum atomic E-state index is -0.611. The number of rotatable bonds is 5. The predicted molar refractivity (Wildman–Crippen MR) is 148 cm³/mol. The molecule has 3 aromatic carbocycles. The zero-order valence-electron chi connectivity index (χ0n) is 21.4. The monoisotopic (exact) mass is 564 g/mol. The summed E-state index contributed by atoms with van der Waals surface area (Å²) < 4.78 is 23.0. The first-order valence-electron chi connectivity index (χ1n) is 12.7. The highest BCUT2D eigenvalue weighted by molar-refractivity contribution is 6.31. The molecule has 2 aliphatic rings. The van der Waals surface area contributed by atoms with Gasteiger partial charge in [-0.1, -0.05) is 29.3 Å². The van der Waals surface area contributed by atoms with E-state index in [1.54, 1.807) is 29.2 Å². The van der Waals surface area contributed by atoms with Crippen LogP contribution in [-0.2, 0) is 15.9 Å². The van der Waals surface area contributed by atoms with Crippen molar-refractivity contribution in [3.8, 4) is 11.5 Å². The first-order chi connectivity index (χ1) is 18.8. The third kappa shape index (κ3) is 5.39. The van der Waals surface area contributed by atoms with Crippen molar-refractivity contribution in [3.63, 3.8) is 0 Å². The van der Waals surface area contributed by atoms with Gasteiger partial charge in [0.1, 0.15) is 24.5 Å². The molecule has 39 heavy (non-hydrogen) atoms. The third-order valence-electron chi connectivity index (χ3n) is 6.87. The van der Waals surface area contributed by atoms with Gasteiger partial charge in [0.25, 0.3) is 0 Å². The highest BCUT2D eigenvalue weighted by atomic mass is 35.5. The number of hydrogen-bond acceptors (Lipinski definition) is 5. The van der Waals surface area contributed by atoms with Crippen LogP contribution in [0.2, 0.25) is 10.0 Å². The summed E-state index contributed by atoms with van der Waals surface area (Å²) in [7, 11) is 0. The number of nitrogens with zero attached hydrogens (tertiary/aromatic N) is 1. The van der Waals surface area contributed by atoms with Crippen LogP contribution in [0.15, 0.2) is 54.6 Å². The van der Waals surface area contributed by atoms with E-state index in [9.17, 15) is 4.79 Å². The minimum Gasteiger partial charge on any atom is -0.483 e. The molecule has 0 aliphatic carbocycles. The van der Waals surface area contributed by atoms with Crippen molar-refractivity contribution in [2.24, 2.45) is 0 Å². The normalized spacial score (nSPS) is 19.9. The van der Waals surface area contributed by atoms with Crippen molar-refractivity contribution in [3.05, 3.63) is 93.6 Å². The molecule has 0 spiro atoms. The number of nitrogens with one attached hydrogen (secondary N) is 1. The van der Waals surface area contributed by atoms with E-state index in [-0.39, 0.29) is 6.10 Å². The standard InChI is InChI=1S/C30H26Cl2N2O5/c1-30(2)37-17-23(39-30)16-36-21-8-3-18(4-9-21)28-27-24(25-15-20(32)7-12-26(25)33-27)13-14-34(28)29(35)38-22-10-5-19(31)6-11-22/h3,5-8,10-12,15,23,28,33H,13-14,16-17H2,1-2H3. The van der Waals surface area contributed by atoms with Gasteiger partial charge in [0.2, 0.25) is 0 Å². The lowest BCUT2D eigenvalue weighted by Gasteiger charge is -2.34. The van der Waals surface area contributed by atoms with Gasteiger partial charge in [-0.3, -0.25) is 4.90 Å². The van der Waals surface area contributed by atoms with Crippen LogP contribution < -0.4 is 9.47 Å². The van der Waals surface area contributed by atoms with E-state index in [1.807, 2.05) is 44.2 Å². The summed E-state index contributed by atoms with van der Waals surface area (Å²) in [6.45, 7) is 5.01. The maximum absolute atomic E-state index is 13.4. The average Bonchev–Trinajstić information content (AvgIpc) is 3.47. The van der Waals surface area contributed by atoms with Gasteiger partial charge in [0.05, 0.1) is 6.61 Å². The Kier molecular flexibility index (Phi) is 6.82. The summed E-state index contributed by atoms with van der Waals surface area (Å²) in [5.41, 5.74) is 3.70. The average molecular weight is 565 g/mol. The summed E-state index contributed by atoms with van der Waals surface area (Å²) in [5.74, 6) is 0.333. The van der Waals surface area contributed by atoms with Gasteiger partial charge in [-0.25, -0.2) is 4.79 Å². The van der Waals surface area contributed by atoms with Crippen LogP contribution in [0.5, 0.6) is 11.5 Å². The molecule has 2 aliphatic heterocycles. The Labute approximate surface area is 236 Å². The number of ether oxygens (including phenoxy) is 4. The van der Waals surface area contributed by atoms with E-state index >= 15 is 0 Å². The number of fused-ring (bicyclic) bond motifs is 3. The number of H-pyrrole nitrogens is 1. The van der Waals surface area contributed by atoms with Crippen LogP contribution in [0.1, 0.15) is 36.7 Å². The molecule has 0 bridgehead atoms. The van der Waals surface area contributed by atoms with Crippen LogP contribution in [0.3, 0.4) is 0 Å². The highest BCUT2D eigenvalue weighted by Gasteiger charge is 2.36. The van der Waals surface area contributed by atoms with Crippen molar-refractivity contribution in [2.75, 3.05) is 19.8 Å². The maximum Gasteiger partial charge on any atom is 0.416 e. The van der Waals surface area contributed by atoms with Crippen molar-refractivity contribution < 1.29 is 23.7 Å². The molecule has 2 atom stereocenters. The summed E-state index contributed by atoms with van der Waals surface area (Å²) in [5, 5.41) is 2.26. The van der Waals surface area contributed by atoms with Crippen LogP contribution in [0.4, 0.5) is 4.79 Å². The molecule has 0 saturated carbocycles. The molecule has 9 heteroatoms. The molecule has 6 rings (SSSR count). The van der Waals surface area contributed by atoms with Crippen LogP contribution in [0.25, 0.3) is 10.9 Å². The zero-order valence-corrected chi connectivity index (χ0v) is 22.9. The second-order valence-electron chi connectivity index (χ2n) is 10.0. The molecule has 200 valence electrons. The summed E-state index contributed by atoms with van der Waals surface area (Å²) in [4.78, 5) is 18.7.